The maximum absolute atomic E-state index is 13.2. The Morgan fingerprint density at radius 3 is 2.39 bits per heavy atom. The van der Waals surface area contributed by atoms with Crippen LogP contribution in [0.25, 0.3) is 10.9 Å². The fourth-order valence-corrected chi connectivity index (χ4v) is 3.86. The lowest BCUT2D eigenvalue weighted by Crippen LogP contribution is -2.32. The summed E-state index contributed by atoms with van der Waals surface area (Å²) in [5.74, 6) is 1.15. The third-order valence-electron chi connectivity index (χ3n) is 5.35. The Morgan fingerprint density at radius 1 is 0.939 bits per heavy atom. The van der Waals surface area contributed by atoms with Gasteiger partial charge in [-0.2, -0.15) is 0 Å². The zero-order valence-electron chi connectivity index (χ0n) is 18.9. The lowest BCUT2D eigenvalue weighted by molar-refractivity contribution is -0.133. The van der Waals surface area contributed by atoms with Gasteiger partial charge in [0, 0.05) is 6.54 Å². The van der Waals surface area contributed by atoms with E-state index in [-0.39, 0.29) is 31.0 Å². The SMILES string of the molecule is Cc1cc(C)cc(OCCC(=O)N(Cc2ccccc2)Cc2nc3ccccc3c(=O)[nH]2)c1. The lowest BCUT2D eigenvalue weighted by Gasteiger charge is -2.23. The van der Waals surface area contributed by atoms with E-state index in [4.69, 9.17) is 4.74 Å². The Hall–Kier alpha value is -3.93. The molecule has 0 unspecified atom stereocenters. The number of hydrogen-bond acceptors (Lipinski definition) is 4. The first-order valence-electron chi connectivity index (χ1n) is 11.0. The molecule has 0 atom stereocenters. The first-order valence-corrected chi connectivity index (χ1v) is 11.0. The molecule has 0 bridgehead atoms. The van der Waals surface area contributed by atoms with Crippen LogP contribution in [0.3, 0.4) is 0 Å². The molecule has 0 aliphatic carbocycles. The van der Waals surface area contributed by atoms with Crippen LogP contribution in [0.4, 0.5) is 0 Å². The van der Waals surface area contributed by atoms with Crippen molar-refractivity contribution < 1.29 is 9.53 Å². The van der Waals surface area contributed by atoms with Crippen molar-refractivity contribution in [2.24, 2.45) is 0 Å². The van der Waals surface area contributed by atoms with E-state index in [1.54, 1.807) is 23.1 Å². The molecule has 3 aromatic carbocycles. The van der Waals surface area contributed by atoms with E-state index in [2.05, 4.69) is 16.0 Å². The molecule has 1 N–H and O–H groups in total. The maximum atomic E-state index is 13.2. The maximum Gasteiger partial charge on any atom is 0.258 e. The topological polar surface area (TPSA) is 75.3 Å². The van der Waals surface area contributed by atoms with E-state index in [1.165, 1.54) is 0 Å². The zero-order chi connectivity index (χ0) is 23.2. The Kier molecular flexibility index (Phi) is 6.83. The molecule has 0 spiro atoms. The van der Waals surface area contributed by atoms with Crippen LogP contribution in [0.2, 0.25) is 0 Å². The molecule has 0 saturated carbocycles. The Labute approximate surface area is 192 Å². The number of ether oxygens (including phenoxy) is 1. The van der Waals surface area contributed by atoms with Gasteiger partial charge in [-0.3, -0.25) is 9.59 Å². The van der Waals surface area contributed by atoms with Crippen molar-refractivity contribution in [3.05, 3.63) is 106 Å². The normalized spacial score (nSPS) is 10.8. The summed E-state index contributed by atoms with van der Waals surface area (Å²) in [6.07, 6.45) is 0.220. The summed E-state index contributed by atoms with van der Waals surface area (Å²) in [7, 11) is 0. The smallest absolute Gasteiger partial charge is 0.258 e. The average molecular weight is 442 g/mol. The fourth-order valence-electron chi connectivity index (χ4n) is 3.86. The highest BCUT2D eigenvalue weighted by molar-refractivity contribution is 5.78. The van der Waals surface area contributed by atoms with Crippen molar-refractivity contribution in [1.29, 1.82) is 0 Å². The van der Waals surface area contributed by atoms with Crippen molar-refractivity contribution in [3.8, 4) is 5.75 Å². The van der Waals surface area contributed by atoms with E-state index >= 15 is 0 Å². The molecule has 1 heterocycles. The Morgan fingerprint density at radius 2 is 1.64 bits per heavy atom. The number of H-pyrrole nitrogens is 1. The predicted octanol–water partition coefficient (Wildman–Crippen LogP) is 4.54. The molecule has 33 heavy (non-hydrogen) atoms. The molecule has 0 radical (unpaired) electrons. The molecular formula is C27H27N3O3. The van der Waals surface area contributed by atoms with Crippen LogP contribution in [-0.4, -0.2) is 27.4 Å². The zero-order valence-corrected chi connectivity index (χ0v) is 18.9. The number of aryl methyl sites for hydroxylation is 2. The number of hydrogen-bond donors (Lipinski definition) is 1. The number of rotatable bonds is 8. The van der Waals surface area contributed by atoms with Crippen molar-refractivity contribution in [2.75, 3.05) is 6.61 Å². The van der Waals surface area contributed by atoms with Gasteiger partial charge in [0.05, 0.1) is 30.5 Å². The highest BCUT2D eigenvalue weighted by Crippen LogP contribution is 2.17. The molecular weight excluding hydrogens is 414 g/mol. The number of carbonyl (C=O) groups excluding carboxylic acids is 1. The van der Waals surface area contributed by atoms with Crippen LogP contribution >= 0.6 is 0 Å². The van der Waals surface area contributed by atoms with Gasteiger partial charge in [-0.15, -0.1) is 0 Å². The molecule has 6 nitrogen and oxygen atoms in total. The van der Waals surface area contributed by atoms with Crippen LogP contribution in [0.15, 0.2) is 77.6 Å². The standard InChI is InChI=1S/C27H27N3O3/c1-19-14-20(2)16-22(15-19)33-13-12-26(31)30(17-21-8-4-3-5-9-21)18-25-28-24-11-7-6-10-23(24)27(32)29-25/h3-11,14-16H,12-13,17-18H2,1-2H3,(H,28,29,32). The Bertz CT molecular complexity index is 1300. The first-order chi connectivity index (χ1) is 16.0. The summed E-state index contributed by atoms with van der Waals surface area (Å²) in [4.78, 5) is 34.7. The number of benzene rings is 3. The summed E-state index contributed by atoms with van der Waals surface area (Å²) < 4.78 is 5.84. The van der Waals surface area contributed by atoms with Crippen LogP contribution in [-0.2, 0) is 17.9 Å². The summed E-state index contributed by atoms with van der Waals surface area (Å²) in [5.41, 5.74) is 3.65. The van der Waals surface area contributed by atoms with E-state index in [0.717, 1.165) is 22.4 Å². The second-order valence-electron chi connectivity index (χ2n) is 8.19. The second-order valence-corrected chi connectivity index (χ2v) is 8.19. The largest absolute Gasteiger partial charge is 0.493 e. The van der Waals surface area contributed by atoms with E-state index in [0.29, 0.717) is 23.3 Å². The molecule has 1 amide bonds. The predicted molar refractivity (Wildman–Crippen MR) is 129 cm³/mol. The number of aromatic amines is 1. The third kappa shape index (κ3) is 5.86. The summed E-state index contributed by atoms with van der Waals surface area (Å²) in [6.45, 7) is 4.93. The summed E-state index contributed by atoms with van der Waals surface area (Å²) >= 11 is 0. The van der Waals surface area contributed by atoms with Gasteiger partial charge in [-0.25, -0.2) is 4.98 Å². The van der Waals surface area contributed by atoms with Gasteiger partial charge in [0.2, 0.25) is 5.91 Å². The Balaban J connectivity index is 1.50. The highest BCUT2D eigenvalue weighted by Gasteiger charge is 2.17. The first kappa shape index (κ1) is 22.3. The number of carbonyl (C=O) groups is 1. The fraction of sp³-hybridized carbons (Fsp3) is 0.222. The summed E-state index contributed by atoms with van der Waals surface area (Å²) in [5, 5.41) is 0.532. The van der Waals surface area contributed by atoms with Crippen LogP contribution in [0, 0.1) is 13.8 Å². The van der Waals surface area contributed by atoms with E-state index in [9.17, 15) is 9.59 Å². The number of aromatic nitrogens is 2. The number of amides is 1. The van der Waals surface area contributed by atoms with Crippen molar-refractivity contribution in [2.45, 2.75) is 33.4 Å². The summed E-state index contributed by atoms with van der Waals surface area (Å²) in [6, 6.07) is 23.0. The van der Waals surface area contributed by atoms with E-state index in [1.807, 2.05) is 62.4 Å². The van der Waals surface area contributed by atoms with Gasteiger partial charge in [0.1, 0.15) is 11.6 Å². The van der Waals surface area contributed by atoms with Crippen molar-refractivity contribution in [1.82, 2.24) is 14.9 Å². The minimum atomic E-state index is -0.208. The number of nitrogens with zero attached hydrogens (tertiary/aromatic N) is 2. The van der Waals surface area contributed by atoms with Gasteiger partial charge in [-0.1, -0.05) is 48.5 Å². The van der Waals surface area contributed by atoms with Crippen LogP contribution < -0.4 is 10.3 Å². The number of para-hydroxylation sites is 1. The van der Waals surface area contributed by atoms with Gasteiger partial charge in [0.15, 0.2) is 0 Å². The molecule has 1 aromatic heterocycles. The third-order valence-corrected chi connectivity index (χ3v) is 5.35. The lowest BCUT2D eigenvalue weighted by atomic mass is 10.1. The van der Waals surface area contributed by atoms with Crippen molar-refractivity contribution in [3.63, 3.8) is 0 Å². The molecule has 0 aliphatic heterocycles. The van der Waals surface area contributed by atoms with E-state index < -0.39 is 0 Å². The van der Waals surface area contributed by atoms with Gasteiger partial charge < -0.3 is 14.6 Å². The van der Waals surface area contributed by atoms with Crippen LogP contribution in [0.1, 0.15) is 28.9 Å². The van der Waals surface area contributed by atoms with Gasteiger partial charge in [-0.05, 0) is 54.8 Å². The van der Waals surface area contributed by atoms with Crippen LogP contribution in [0.5, 0.6) is 5.75 Å². The molecule has 0 aliphatic rings. The molecule has 4 aromatic rings. The average Bonchev–Trinajstić information content (AvgIpc) is 2.79. The minimum Gasteiger partial charge on any atom is -0.493 e. The minimum absolute atomic E-state index is 0.0703. The molecule has 0 fully saturated rings. The monoisotopic (exact) mass is 441 g/mol. The number of fused-ring (bicyclic) bond motifs is 1. The second kappa shape index (κ2) is 10.1. The molecule has 0 saturated heterocycles. The molecule has 6 heteroatoms. The van der Waals surface area contributed by atoms with Gasteiger partial charge in [0.25, 0.3) is 5.56 Å². The quantitative estimate of drug-likeness (QED) is 0.436. The highest BCUT2D eigenvalue weighted by atomic mass is 16.5. The molecule has 168 valence electrons. The van der Waals surface area contributed by atoms with Crippen molar-refractivity contribution >= 4 is 16.8 Å². The number of nitrogens with one attached hydrogen (secondary N) is 1. The molecule has 4 rings (SSSR count). The van der Waals surface area contributed by atoms with Gasteiger partial charge >= 0.3 is 0 Å².